The standard InChI is InChI=1S/C19H20F3N3O2S/c1-2-9-25(10-12-7-8-12)17(27)15-11-28-18(23-15)24-16(26)13-5-3-4-6-14(13)19(20,21)22/h3-6,11-12H,2,7-10H2,1H3,(H,23,24,26). The zero-order valence-electron chi connectivity index (χ0n) is 15.3. The van der Waals surface area contributed by atoms with Crippen LogP contribution in [0.3, 0.4) is 0 Å². The maximum Gasteiger partial charge on any atom is 0.417 e. The third kappa shape index (κ3) is 4.89. The van der Waals surface area contributed by atoms with E-state index in [-0.39, 0.29) is 16.7 Å². The van der Waals surface area contributed by atoms with Crippen LogP contribution in [0.25, 0.3) is 0 Å². The number of rotatable bonds is 7. The van der Waals surface area contributed by atoms with Crippen molar-refractivity contribution in [2.24, 2.45) is 5.92 Å². The number of nitrogens with one attached hydrogen (secondary N) is 1. The molecule has 5 nitrogen and oxygen atoms in total. The van der Waals surface area contributed by atoms with Crippen LogP contribution in [-0.2, 0) is 6.18 Å². The Balaban J connectivity index is 1.72. The van der Waals surface area contributed by atoms with E-state index < -0.39 is 23.2 Å². The lowest BCUT2D eigenvalue weighted by molar-refractivity contribution is -0.137. The Hall–Kier alpha value is -2.42. The van der Waals surface area contributed by atoms with Crippen LogP contribution >= 0.6 is 11.3 Å². The first-order valence-corrected chi connectivity index (χ1v) is 9.90. The molecule has 0 radical (unpaired) electrons. The number of aromatic nitrogens is 1. The van der Waals surface area contributed by atoms with E-state index in [0.29, 0.717) is 19.0 Å². The molecular formula is C19H20F3N3O2S. The molecule has 9 heteroatoms. The third-order valence-corrected chi connectivity index (χ3v) is 5.13. The van der Waals surface area contributed by atoms with Crippen molar-refractivity contribution in [2.75, 3.05) is 18.4 Å². The maximum atomic E-state index is 13.1. The number of hydrogen-bond donors (Lipinski definition) is 1. The fourth-order valence-corrected chi connectivity index (χ4v) is 3.52. The van der Waals surface area contributed by atoms with Gasteiger partial charge in [0.15, 0.2) is 5.13 Å². The quantitative estimate of drug-likeness (QED) is 0.720. The lowest BCUT2D eigenvalue weighted by Gasteiger charge is -2.20. The lowest BCUT2D eigenvalue weighted by Crippen LogP contribution is -2.33. The summed E-state index contributed by atoms with van der Waals surface area (Å²) in [5, 5.41) is 3.98. The van der Waals surface area contributed by atoms with E-state index >= 15 is 0 Å². The van der Waals surface area contributed by atoms with Crippen molar-refractivity contribution in [3.05, 3.63) is 46.5 Å². The third-order valence-electron chi connectivity index (χ3n) is 4.38. The van der Waals surface area contributed by atoms with E-state index in [1.54, 1.807) is 4.90 Å². The fourth-order valence-electron chi connectivity index (χ4n) is 2.84. The minimum Gasteiger partial charge on any atom is -0.337 e. The summed E-state index contributed by atoms with van der Waals surface area (Å²) >= 11 is 1.01. The SMILES string of the molecule is CCCN(CC1CC1)C(=O)c1csc(NC(=O)c2ccccc2C(F)(F)F)n1. The summed E-state index contributed by atoms with van der Waals surface area (Å²) < 4.78 is 39.3. The van der Waals surface area contributed by atoms with Gasteiger partial charge in [0, 0.05) is 18.5 Å². The summed E-state index contributed by atoms with van der Waals surface area (Å²) in [6.07, 6.45) is -1.59. The molecule has 0 unspecified atom stereocenters. The average molecular weight is 411 g/mol. The smallest absolute Gasteiger partial charge is 0.337 e. The number of anilines is 1. The second-order valence-corrected chi connectivity index (χ2v) is 7.59. The van der Waals surface area contributed by atoms with Gasteiger partial charge in [-0.3, -0.25) is 14.9 Å². The van der Waals surface area contributed by atoms with E-state index in [2.05, 4.69) is 10.3 Å². The van der Waals surface area contributed by atoms with E-state index in [0.717, 1.165) is 42.7 Å². The molecule has 1 N–H and O–H groups in total. The molecule has 1 heterocycles. The van der Waals surface area contributed by atoms with Gasteiger partial charge in [-0.05, 0) is 37.3 Å². The van der Waals surface area contributed by atoms with Gasteiger partial charge in [-0.2, -0.15) is 13.2 Å². The molecule has 3 rings (SSSR count). The van der Waals surface area contributed by atoms with E-state index in [1.807, 2.05) is 6.92 Å². The summed E-state index contributed by atoms with van der Waals surface area (Å²) in [6.45, 7) is 3.29. The predicted octanol–water partition coefficient (Wildman–Crippen LogP) is 4.68. The van der Waals surface area contributed by atoms with Crippen molar-refractivity contribution in [1.82, 2.24) is 9.88 Å². The van der Waals surface area contributed by atoms with Crippen LogP contribution in [0.5, 0.6) is 0 Å². The maximum absolute atomic E-state index is 13.1. The number of alkyl halides is 3. The van der Waals surface area contributed by atoms with Gasteiger partial charge in [0.2, 0.25) is 0 Å². The van der Waals surface area contributed by atoms with Crippen LogP contribution in [0.15, 0.2) is 29.6 Å². The number of amides is 2. The van der Waals surface area contributed by atoms with Gasteiger partial charge in [-0.1, -0.05) is 19.1 Å². The van der Waals surface area contributed by atoms with Gasteiger partial charge in [0.25, 0.3) is 11.8 Å². The number of carbonyl (C=O) groups excluding carboxylic acids is 2. The van der Waals surface area contributed by atoms with Gasteiger partial charge in [-0.15, -0.1) is 11.3 Å². The highest BCUT2D eigenvalue weighted by Crippen LogP contribution is 2.33. The molecule has 0 bridgehead atoms. The van der Waals surface area contributed by atoms with Gasteiger partial charge in [0.05, 0.1) is 11.1 Å². The summed E-state index contributed by atoms with van der Waals surface area (Å²) in [5.74, 6) is -0.599. The first kappa shape index (κ1) is 20.3. The van der Waals surface area contributed by atoms with Gasteiger partial charge in [-0.25, -0.2) is 4.98 Å². The molecule has 28 heavy (non-hydrogen) atoms. The minimum absolute atomic E-state index is 0.0909. The molecule has 2 aromatic rings. The molecule has 1 aliphatic rings. The molecule has 1 aromatic carbocycles. The Morgan fingerprint density at radius 2 is 2.00 bits per heavy atom. The molecule has 0 saturated heterocycles. The first-order chi connectivity index (χ1) is 13.3. The van der Waals surface area contributed by atoms with Gasteiger partial charge < -0.3 is 4.90 Å². The molecule has 0 spiro atoms. The molecule has 150 valence electrons. The molecule has 0 aliphatic heterocycles. The highest BCUT2D eigenvalue weighted by atomic mass is 32.1. The number of thiazole rings is 1. The molecule has 1 saturated carbocycles. The van der Waals surface area contributed by atoms with Crippen LogP contribution in [-0.4, -0.2) is 34.8 Å². The van der Waals surface area contributed by atoms with E-state index in [9.17, 15) is 22.8 Å². The molecular weight excluding hydrogens is 391 g/mol. The predicted molar refractivity (Wildman–Crippen MR) is 100 cm³/mol. The largest absolute Gasteiger partial charge is 0.417 e. The summed E-state index contributed by atoms with van der Waals surface area (Å²) in [4.78, 5) is 30.8. The fraction of sp³-hybridized carbons (Fsp3) is 0.421. The summed E-state index contributed by atoms with van der Waals surface area (Å²) in [6, 6.07) is 4.55. The van der Waals surface area contributed by atoms with Gasteiger partial charge >= 0.3 is 6.18 Å². The number of hydrogen-bond acceptors (Lipinski definition) is 4. The molecule has 1 aromatic heterocycles. The van der Waals surface area contributed by atoms with Crippen molar-refractivity contribution >= 4 is 28.3 Å². The number of nitrogens with zero attached hydrogens (tertiary/aromatic N) is 2. The average Bonchev–Trinajstić information content (AvgIpc) is 3.35. The minimum atomic E-state index is -4.64. The molecule has 2 amide bonds. The second kappa shape index (κ2) is 8.30. The number of carbonyl (C=O) groups is 2. The summed E-state index contributed by atoms with van der Waals surface area (Å²) in [5.41, 5.74) is -1.31. The van der Waals surface area contributed by atoms with Crippen LogP contribution in [0.4, 0.5) is 18.3 Å². The Bertz CT molecular complexity index is 862. The topological polar surface area (TPSA) is 62.3 Å². The van der Waals surface area contributed by atoms with E-state index in [4.69, 9.17) is 0 Å². The Kier molecular flexibility index (Phi) is 6.02. The van der Waals surface area contributed by atoms with E-state index in [1.165, 1.54) is 17.5 Å². The number of benzene rings is 1. The monoisotopic (exact) mass is 411 g/mol. The first-order valence-electron chi connectivity index (χ1n) is 9.02. The van der Waals surface area contributed by atoms with Crippen molar-refractivity contribution in [3.63, 3.8) is 0 Å². The molecule has 1 fully saturated rings. The van der Waals surface area contributed by atoms with Crippen molar-refractivity contribution in [3.8, 4) is 0 Å². The highest BCUT2D eigenvalue weighted by molar-refractivity contribution is 7.14. The second-order valence-electron chi connectivity index (χ2n) is 6.73. The van der Waals surface area contributed by atoms with Crippen LogP contribution < -0.4 is 5.32 Å². The molecule has 0 atom stereocenters. The van der Waals surface area contributed by atoms with Gasteiger partial charge in [0.1, 0.15) is 5.69 Å². The highest BCUT2D eigenvalue weighted by Gasteiger charge is 2.35. The lowest BCUT2D eigenvalue weighted by atomic mass is 10.1. The normalized spacial score (nSPS) is 14.0. The van der Waals surface area contributed by atoms with Crippen LogP contribution in [0, 0.1) is 5.92 Å². The Morgan fingerprint density at radius 1 is 1.29 bits per heavy atom. The van der Waals surface area contributed by atoms with Crippen molar-refractivity contribution in [2.45, 2.75) is 32.4 Å². The zero-order valence-corrected chi connectivity index (χ0v) is 16.1. The Morgan fingerprint density at radius 3 is 2.64 bits per heavy atom. The van der Waals surface area contributed by atoms with Crippen LogP contribution in [0.2, 0.25) is 0 Å². The van der Waals surface area contributed by atoms with Crippen LogP contribution in [0.1, 0.15) is 52.6 Å². The van der Waals surface area contributed by atoms with Crippen molar-refractivity contribution < 1.29 is 22.8 Å². The number of halogens is 3. The zero-order chi connectivity index (χ0) is 20.3. The molecule has 1 aliphatic carbocycles. The van der Waals surface area contributed by atoms with Crippen molar-refractivity contribution in [1.29, 1.82) is 0 Å². The Labute approximate surface area is 164 Å². The summed E-state index contributed by atoms with van der Waals surface area (Å²) in [7, 11) is 0.